The third-order valence-corrected chi connectivity index (χ3v) is 5.99. The minimum Gasteiger partial charge on any atom is -0.368 e. The Morgan fingerprint density at radius 3 is 2.52 bits per heavy atom. The average Bonchev–Trinajstić information content (AvgIpc) is 3.08. The van der Waals surface area contributed by atoms with Crippen LogP contribution in [0.25, 0.3) is 22.1 Å². The molecule has 7 heteroatoms. The van der Waals surface area contributed by atoms with Gasteiger partial charge in [-0.2, -0.15) is 4.98 Å². The fraction of sp³-hybridized carbons (Fsp3) is 0.318. The summed E-state index contributed by atoms with van der Waals surface area (Å²) < 4.78 is 2.22. The molecule has 2 aromatic carbocycles. The fourth-order valence-corrected chi connectivity index (χ4v) is 4.39. The van der Waals surface area contributed by atoms with Crippen LogP contribution in [0.15, 0.2) is 42.5 Å². The molecule has 0 bridgehead atoms. The van der Waals surface area contributed by atoms with Crippen molar-refractivity contribution in [3.8, 4) is 0 Å². The van der Waals surface area contributed by atoms with Gasteiger partial charge in [0, 0.05) is 48.8 Å². The zero-order valence-electron chi connectivity index (χ0n) is 16.6. The second-order valence-electron chi connectivity index (χ2n) is 7.45. The monoisotopic (exact) mass is 406 g/mol. The normalized spacial score (nSPS) is 14.9. The number of rotatable bonds is 3. The van der Waals surface area contributed by atoms with Crippen molar-refractivity contribution >= 4 is 45.3 Å². The van der Waals surface area contributed by atoms with Gasteiger partial charge in [-0.15, -0.1) is 10.2 Å². The molecule has 148 valence electrons. The van der Waals surface area contributed by atoms with Gasteiger partial charge in [-0.25, -0.2) is 0 Å². The van der Waals surface area contributed by atoms with E-state index in [9.17, 15) is 0 Å². The molecule has 0 aliphatic carbocycles. The summed E-state index contributed by atoms with van der Waals surface area (Å²) in [6.45, 7) is 8.63. The number of aromatic nitrogens is 4. The quantitative estimate of drug-likeness (QED) is 0.508. The van der Waals surface area contributed by atoms with Crippen molar-refractivity contribution in [2.24, 2.45) is 0 Å². The molecule has 0 saturated carbocycles. The topological polar surface area (TPSA) is 50.1 Å². The molecule has 1 saturated heterocycles. The summed E-state index contributed by atoms with van der Waals surface area (Å²) in [7, 11) is 0. The molecule has 5 rings (SSSR count). The minimum absolute atomic E-state index is 0.706. The standard InChI is InChI=1S/C22H23ClN6/c1-3-29-18-7-5-4-6-17(18)20-21(29)24-22(26-25-20)28-12-10-27(11-13-28)19-14-16(23)9-8-15(19)2/h4-9,14H,3,10-13H2,1-2H3. The van der Waals surface area contributed by atoms with Gasteiger partial charge in [-0.1, -0.05) is 35.9 Å². The van der Waals surface area contributed by atoms with E-state index in [0.717, 1.165) is 59.8 Å². The lowest BCUT2D eigenvalue weighted by molar-refractivity contribution is 0.635. The van der Waals surface area contributed by atoms with Crippen LogP contribution in [0, 0.1) is 6.92 Å². The third kappa shape index (κ3) is 3.08. The van der Waals surface area contributed by atoms with Gasteiger partial charge in [0.15, 0.2) is 5.65 Å². The number of anilines is 2. The van der Waals surface area contributed by atoms with Gasteiger partial charge in [0.1, 0.15) is 5.52 Å². The number of hydrogen-bond donors (Lipinski definition) is 0. The molecule has 0 radical (unpaired) electrons. The van der Waals surface area contributed by atoms with Crippen LogP contribution in [0.3, 0.4) is 0 Å². The summed E-state index contributed by atoms with van der Waals surface area (Å²) in [4.78, 5) is 9.52. The Hall–Kier alpha value is -2.86. The highest BCUT2D eigenvalue weighted by atomic mass is 35.5. The van der Waals surface area contributed by atoms with E-state index in [1.54, 1.807) is 0 Å². The van der Waals surface area contributed by atoms with Crippen LogP contribution >= 0.6 is 11.6 Å². The van der Waals surface area contributed by atoms with Crippen LogP contribution in [0.1, 0.15) is 12.5 Å². The van der Waals surface area contributed by atoms with Gasteiger partial charge in [-0.3, -0.25) is 0 Å². The van der Waals surface area contributed by atoms with Crippen molar-refractivity contribution < 1.29 is 0 Å². The van der Waals surface area contributed by atoms with E-state index in [-0.39, 0.29) is 0 Å². The molecule has 6 nitrogen and oxygen atoms in total. The van der Waals surface area contributed by atoms with E-state index in [2.05, 4.69) is 68.7 Å². The highest BCUT2D eigenvalue weighted by Crippen LogP contribution is 2.28. The van der Waals surface area contributed by atoms with Crippen molar-refractivity contribution in [2.45, 2.75) is 20.4 Å². The number of halogens is 1. The molecule has 2 aromatic heterocycles. The van der Waals surface area contributed by atoms with Gasteiger partial charge >= 0.3 is 0 Å². The van der Waals surface area contributed by atoms with E-state index in [0.29, 0.717) is 5.95 Å². The maximum Gasteiger partial charge on any atom is 0.247 e. The number of nitrogens with zero attached hydrogens (tertiary/aromatic N) is 6. The van der Waals surface area contributed by atoms with Crippen LogP contribution in [-0.4, -0.2) is 45.9 Å². The molecular weight excluding hydrogens is 384 g/mol. The third-order valence-electron chi connectivity index (χ3n) is 5.75. The molecule has 1 aliphatic heterocycles. The highest BCUT2D eigenvalue weighted by Gasteiger charge is 2.22. The summed E-state index contributed by atoms with van der Waals surface area (Å²) in [6, 6.07) is 14.4. The maximum absolute atomic E-state index is 6.21. The van der Waals surface area contributed by atoms with Gasteiger partial charge < -0.3 is 14.4 Å². The lowest BCUT2D eigenvalue weighted by Crippen LogP contribution is -2.47. The van der Waals surface area contributed by atoms with E-state index >= 15 is 0 Å². The second-order valence-corrected chi connectivity index (χ2v) is 7.89. The Balaban J connectivity index is 1.43. The molecule has 0 atom stereocenters. The first-order chi connectivity index (χ1) is 14.2. The molecule has 29 heavy (non-hydrogen) atoms. The van der Waals surface area contributed by atoms with Crippen LogP contribution in [0.4, 0.5) is 11.6 Å². The van der Waals surface area contributed by atoms with Crippen molar-refractivity contribution in [3.63, 3.8) is 0 Å². The SMILES string of the molecule is CCn1c2ccccc2c2nnc(N3CCN(c4cc(Cl)ccc4C)CC3)nc21. The smallest absolute Gasteiger partial charge is 0.247 e. The molecule has 0 spiro atoms. The molecule has 1 aliphatic rings. The summed E-state index contributed by atoms with van der Waals surface area (Å²) >= 11 is 6.21. The van der Waals surface area contributed by atoms with Crippen LogP contribution in [0.5, 0.6) is 0 Å². The predicted molar refractivity (Wildman–Crippen MR) is 119 cm³/mol. The number of aryl methyl sites for hydroxylation is 2. The van der Waals surface area contributed by atoms with Gasteiger partial charge in [0.25, 0.3) is 0 Å². The number of fused-ring (bicyclic) bond motifs is 3. The average molecular weight is 407 g/mol. The lowest BCUT2D eigenvalue weighted by atomic mass is 10.1. The number of piperazine rings is 1. The van der Waals surface area contributed by atoms with Crippen molar-refractivity contribution in [1.82, 2.24) is 19.7 Å². The Morgan fingerprint density at radius 2 is 1.72 bits per heavy atom. The largest absolute Gasteiger partial charge is 0.368 e. The first kappa shape index (κ1) is 18.2. The summed E-state index contributed by atoms with van der Waals surface area (Å²) in [5, 5.41) is 10.9. The molecule has 0 unspecified atom stereocenters. The Morgan fingerprint density at radius 1 is 0.966 bits per heavy atom. The van der Waals surface area contributed by atoms with Crippen LogP contribution < -0.4 is 9.80 Å². The minimum atomic E-state index is 0.706. The first-order valence-corrected chi connectivity index (χ1v) is 10.4. The molecule has 4 aromatic rings. The number of hydrogen-bond acceptors (Lipinski definition) is 5. The van der Waals surface area contributed by atoms with Gasteiger partial charge in [0.2, 0.25) is 5.95 Å². The Bertz CT molecular complexity index is 1190. The van der Waals surface area contributed by atoms with Crippen molar-refractivity contribution in [3.05, 3.63) is 53.1 Å². The highest BCUT2D eigenvalue weighted by molar-refractivity contribution is 6.30. The van der Waals surface area contributed by atoms with Gasteiger partial charge in [0.05, 0.1) is 5.52 Å². The Labute approximate surface area is 174 Å². The molecule has 3 heterocycles. The van der Waals surface area contributed by atoms with Crippen molar-refractivity contribution in [2.75, 3.05) is 36.0 Å². The van der Waals surface area contributed by atoms with E-state index in [1.807, 2.05) is 12.1 Å². The van der Waals surface area contributed by atoms with Gasteiger partial charge in [-0.05, 0) is 37.6 Å². The fourth-order valence-electron chi connectivity index (χ4n) is 4.22. The molecular formula is C22H23ClN6. The van der Waals surface area contributed by atoms with E-state index in [1.165, 1.54) is 11.3 Å². The lowest BCUT2D eigenvalue weighted by Gasteiger charge is -2.36. The predicted octanol–water partition coefficient (Wildman–Crippen LogP) is 4.29. The first-order valence-electron chi connectivity index (χ1n) is 10.0. The second kappa shape index (κ2) is 7.19. The van der Waals surface area contributed by atoms with Crippen molar-refractivity contribution in [1.29, 1.82) is 0 Å². The summed E-state index contributed by atoms with van der Waals surface area (Å²) in [5.74, 6) is 0.706. The molecule has 0 N–H and O–H groups in total. The zero-order valence-corrected chi connectivity index (χ0v) is 17.4. The molecule has 0 amide bonds. The van der Waals surface area contributed by atoms with Crippen LogP contribution in [0.2, 0.25) is 5.02 Å². The zero-order chi connectivity index (χ0) is 20.0. The van der Waals surface area contributed by atoms with Crippen LogP contribution in [-0.2, 0) is 6.54 Å². The maximum atomic E-state index is 6.21. The molecule has 1 fully saturated rings. The van der Waals surface area contributed by atoms with E-state index < -0.39 is 0 Å². The Kier molecular flexibility index (Phi) is 4.51. The summed E-state index contributed by atoms with van der Waals surface area (Å²) in [6.07, 6.45) is 0. The van der Waals surface area contributed by atoms with E-state index in [4.69, 9.17) is 16.6 Å². The number of para-hydroxylation sites is 1. The summed E-state index contributed by atoms with van der Waals surface area (Å²) in [5.41, 5.74) is 5.39. The number of benzene rings is 2.